The Hall–Kier alpha value is -1.48. The number of carbonyl (C=O) groups is 1. The van der Waals surface area contributed by atoms with Gasteiger partial charge in [-0.3, -0.25) is 4.79 Å². The van der Waals surface area contributed by atoms with Crippen LogP contribution in [0.3, 0.4) is 0 Å². The summed E-state index contributed by atoms with van der Waals surface area (Å²) in [6, 6.07) is 9.26. The summed E-state index contributed by atoms with van der Waals surface area (Å²) in [5.41, 5.74) is 1.25. The number of hydrogen-bond donors (Lipinski definition) is 0. The van der Waals surface area contributed by atoms with Gasteiger partial charge < -0.3 is 0 Å². The monoisotopic (exact) mass is 231 g/mol. The van der Waals surface area contributed by atoms with Crippen molar-refractivity contribution in [3.05, 3.63) is 52.0 Å². The minimum atomic E-state index is 0.00347. The molecule has 2 aromatic rings. The van der Waals surface area contributed by atoms with E-state index in [1.165, 1.54) is 0 Å². The molecule has 2 rings (SSSR count). The fourth-order valence-corrected chi connectivity index (χ4v) is 2.21. The third kappa shape index (κ3) is 2.19. The van der Waals surface area contributed by atoms with Crippen LogP contribution in [-0.2, 0) is 0 Å². The smallest absolute Gasteiger partial charge is 0.212 e. The Labute approximate surface area is 99.0 Å². The highest BCUT2D eigenvalue weighted by molar-refractivity contribution is 7.09. The number of hydrogen-bond acceptors (Lipinski definition) is 3. The summed E-state index contributed by atoms with van der Waals surface area (Å²) in [4.78, 5) is 16.4. The largest absolute Gasteiger partial charge is 0.287 e. The van der Waals surface area contributed by atoms with Crippen LogP contribution in [0.2, 0.25) is 0 Å². The highest BCUT2D eigenvalue weighted by Gasteiger charge is 2.13. The Morgan fingerprint density at radius 2 is 1.94 bits per heavy atom. The highest BCUT2D eigenvalue weighted by atomic mass is 32.1. The fourth-order valence-electron chi connectivity index (χ4n) is 1.39. The van der Waals surface area contributed by atoms with Crippen LogP contribution in [0.15, 0.2) is 35.7 Å². The molecule has 0 bridgehead atoms. The average molecular weight is 231 g/mol. The van der Waals surface area contributed by atoms with Gasteiger partial charge in [-0.25, -0.2) is 4.98 Å². The second-order valence-corrected chi connectivity index (χ2v) is 4.81. The zero-order valence-corrected chi connectivity index (χ0v) is 10.1. The molecule has 0 saturated heterocycles. The van der Waals surface area contributed by atoms with Gasteiger partial charge in [-0.05, 0) is 0 Å². The maximum atomic E-state index is 12.0. The van der Waals surface area contributed by atoms with Crippen molar-refractivity contribution in [1.82, 2.24) is 4.98 Å². The zero-order valence-electron chi connectivity index (χ0n) is 9.31. The Balaban J connectivity index is 2.28. The van der Waals surface area contributed by atoms with Gasteiger partial charge in [0.15, 0.2) is 0 Å². The first-order chi connectivity index (χ1) is 7.68. The van der Waals surface area contributed by atoms with E-state index in [2.05, 4.69) is 18.8 Å². The van der Waals surface area contributed by atoms with E-state index in [0.717, 1.165) is 5.01 Å². The van der Waals surface area contributed by atoms with Gasteiger partial charge in [0.1, 0.15) is 5.69 Å². The summed E-state index contributed by atoms with van der Waals surface area (Å²) < 4.78 is 0. The number of thiazole rings is 1. The first-order valence-corrected chi connectivity index (χ1v) is 6.11. The lowest BCUT2D eigenvalue weighted by atomic mass is 10.1. The van der Waals surface area contributed by atoms with Crippen LogP contribution in [0, 0.1) is 0 Å². The number of carbonyl (C=O) groups excluding carboxylic acids is 1. The lowest BCUT2D eigenvalue weighted by Gasteiger charge is -1.97. The molecule has 1 heterocycles. The maximum Gasteiger partial charge on any atom is 0.212 e. The molecule has 82 valence electrons. The standard InChI is InChI=1S/C13H13NOS/c1-9(2)13-14-11(8-16-13)12(15)10-6-4-3-5-7-10/h3-9H,1-2H3. The summed E-state index contributed by atoms with van der Waals surface area (Å²) >= 11 is 1.55. The van der Waals surface area contributed by atoms with Gasteiger partial charge in [-0.15, -0.1) is 11.3 Å². The number of ketones is 1. The zero-order chi connectivity index (χ0) is 11.5. The van der Waals surface area contributed by atoms with Crippen LogP contribution in [0.5, 0.6) is 0 Å². The van der Waals surface area contributed by atoms with Gasteiger partial charge >= 0.3 is 0 Å². The first kappa shape index (κ1) is 11.0. The molecule has 3 heteroatoms. The molecule has 0 amide bonds. The molecule has 0 aliphatic heterocycles. The van der Waals surface area contributed by atoms with E-state index in [0.29, 0.717) is 17.2 Å². The lowest BCUT2D eigenvalue weighted by molar-refractivity contribution is 0.103. The van der Waals surface area contributed by atoms with E-state index < -0.39 is 0 Å². The Bertz CT molecular complexity index is 488. The number of benzene rings is 1. The molecule has 0 aliphatic carbocycles. The molecule has 16 heavy (non-hydrogen) atoms. The predicted octanol–water partition coefficient (Wildman–Crippen LogP) is 3.50. The van der Waals surface area contributed by atoms with Crippen molar-refractivity contribution in [1.29, 1.82) is 0 Å². The number of nitrogens with zero attached hydrogens (tertiary/aromatic N) is 1. The molecule has 0 N–H and O–H groups in total. The van der Waals surface area contributed by atoms with Gasteiger partial charge in [-0.2, -0.15) is 0 Å². The lowest BCUT2D eigenvalue weighted by Crippen LogP contribution is -2.01. The minimum Gasteiger partial charge on any atom is -0.287 e. The highest BCUT2D eigenvalue weighted by Crippen LogP contribution is 2.20. The van der Waals surface area contributed by atoms with Crippen molar-refractivity contribution in [3.8, 4) is 0 Å². The number of rotatable bonds is 3. The summed E-state index contributed by atoms with van der Waals surface area (Å²) in [5, 5.41) is 2.85. The molecule has 1 aromatic heterocycles. The molecule has 0 saturated carbocycles. The summed E-state index contributed by atoms with van der Waals surface area (Å²) in [7, 11) is 0. The third-order valence-electron chi connectivity index (χ3n) is 2.28. The molecule has 0 spiro atoms. The van der Waals surface area contributed by atoms with Gasteiger partial charge in [-0.1, -0.05) is 44.2 Å². The van der Waals surface area contributed by atoms with Crippen molar-refractivity contribution in [2.45, 2.75) is 19.8 Å². The van der Waals surface area contributed by atoms with E-state index in [1.807, 2.05) is 35.7 Å². The Kier molecular flexibility index (Phi) is 3.15. The first-order valence-electron chi connectivity index (χ1n) is 5.23. The second kappa shape index (κ2) is 4.58. The van der Waals surface area contributed by atoms with Crippen LogP contribution in [0.1, 0.15) is 40.8 Å². The SMILES string of the molecule is CC(C)c1nc(C(=O)c2ccccc2)cs1. The molecule has 0 radical (unpaired) electrons. The van der Waals surface area contributed by atoms with Crippen molar-refractivity contribution in [2.24, 2.45) is 0 Å². The predicted molar refractivity (Wildman–Crippen MR) is 66.1 cm³/mol. The topological polar surface area (TPSA) is 30.0 Å². The Morgan fingerprint density at radius 1 is 1.25 bits per heavy atom. The summed E-state index contributed by atoms with van der Waals surface area (Å²) in [5.74, 6) is 0.381. The minimum absolute atomic E-state index is 0.00347. The normalized spacial score (nSPS) is 10.7. The summed E-state index contributed by atoms with van der Waals surface area (Å²) in [6.45, 7) is 4.16. The third-order valence-corrected chi connectivity index (χ3v) is 3.43. The Morgan fingerprint density at radius 3 is 2.50 bits per heavy atom. The number of aromatic nitrogens is 1. The fraction of sp³-hybridized carbons (Fsp3) is 0.231. The molecule has 0 aliphatic rings. The molecule has 0 atom stereocenters. The van der Waals surface area contributed by atoms with Crippen LogP contribution in [0.25, 0.3) is 0 Å². The van der Waals surface area contributed by atoms with Gasteiger partial charge in [0.25, 0.3) is 0 Å². The van der Waals surface area contributed by atoms with Crippen LogP contribution < -0.4 is 0 Å². The van der Waals surface area contributed by atoms with Crippen LogP contribution in [0.4, 0.5) is 0 Å². The summed E-state index contributed by atoms with van der Waals surface area (Å²) in [6.07, 6.45) is 0. The quantitative estimate of drug-likeness (QED) is 0.757. The van der Waals surface area contributed by atoms with E-state index in [4.69, 9.17) is 0 Å². The van der Waals surface area contributed by atoms with E-state index in [9.17, 15) is 4.79 Å². The maximum absolute atomic E-state index is 12.0. The van der Waals surface area contributed by atoms with Crippen LogP contribution >= 0.6 is 11.3 Å². The van der Waals surface area contributed by atoms with Gasteiger partial charge in [0.2, 0.25) is 5.78 Å². The molecule has 1 aromatic carbocycles. The molecular formula is C13H13NOS. The van der Waals surface area contributed by atoms with Crippen molar-refractivity contribution < 1.29 is 4.79 Å². The van der Waals surface area contributed by atoms with Gasteiger partial charge in [0, 0.05) is 16.9 Å². The van der Waals surface area contributed by atoms with Crippen molar-refractivity contribution in [3.63, 3.8) is 0 Å². The van der Waals surface area contributed by atoms with E-state index >= 15 is 0 Å². The van der Waals surface area contributed by atoms with Gasteiger partial charge in [0.05, 0.1) is 5.01 Å². The average Bonchev–Trinajstić information content (AvgIpc) is 2.78. The second-order valence-electron chi connectivity index (χ2n) is 3.92. The van der Waals surface area contributed by atoms with Crippen LogP contribution in [-0.4, -0.2) is 10.8 Å². The molecule has 0 fully saturated rings. The molecular weight excluding hydrogens is 218 g/mol. The van der Waals surface area contributed by atoms with E-state index in [-0.39, 0.29) is 5.78 Å². The molecule has 0 unspecified atom stereocenters. The van der Waals surface area contributed by atoms with Crippen molar-refractivity contribution in [2.75, 3.05) is 0 Å². The van der Waals surface area contributed by atoms with E-state index in [1.54, 1.807) is 11.3 Å². The van der Waals surface area contributed by atoms with Crippen molar-refractivity contribution >= 4 is 17.1 Å². The molecule has 2 nitrogen and oxygen atoms in total.